The number of nitrogens with one attached hydrogen (secondary N) is 1. The molecule has 0 aliphatic carbocycles. The number of carbonyl (C=O) groups is 2. The van der Waals surface area contributed by atoms with Gasteiger partial charge in [-0.2, -0.15) is 5.10 Å². The van der Waals surface area contributed by atoms with E-state index in [2.05, 4.69) is 10.4 Å². The Morgan fingerprint density at radius 3 is 2.60 bits per heavy atom. The van der Waals surface area contributed by atoms with Crippen molar-refractivity contribution in [3.8, 4) is 0 Å². The predicted octanol–water partition coefficient (Wildman–Crippen LogP) is 1.59. The van der Waals surface area contributed by atoms with Crippen LogP contribution in [-0.4, -0.2) is 45.6 Å². The van der Waals surface area contributed by atoms with E-state index in [1.54, 1.807) is 21.7 Å². The third-order valence-corrected chi connectivity index (χ3v) is 4.88. The Kier molecular flexibility index (Phi) is 4.92. The van der Waals surface area contributed by atoms with Crippen LogP contribution in [0.25, 0.3) is 0 Å². The smallest absolute Gasteiger partial charge is 0.289 e. The molecular weight excluding hydrogens is 320 g/mol. The van der Waals surface area contributed by atoms with Crippen molar-refractivity contribution in [2.75, 3.05) is 13.1 Å². The molecule has 0 aromatic carbocycles. The number of nitrogens with zero attached hydrogens (tertiary/aromatic N) is 3. The van der Waals surface area contributed by atoms with Crippen LogP contribution >= 0.6 is 0 Å². The molecule has 1 aliphatic rings. The van der Waals surface area contributed by atoms with Gasteiger partial charge in [0.25, 0.3) is 5.91 Å². The first kappa shape index (κ1) is 17.3. The Labute approximate surface area is 147 Å². The van der Waals surface area contributed by atoms with Crippen LogP contribution in [0.4, 0.5) is 0 Å². The van der Waals surface area contributed by atoms with E-state index < -0.39 is 0 Å². The standard InChI is InChI=1S/C18H24N4O3/c1-12-15(13(2)21(3)20-12)11-17(23)19-14-6-8-22(9-7-14)18(24)16-5-4-10-25-16/h4-5,10,14H,6-9,11H2,1-3H3,(H,19,23). The van der Waals surface area contributed by atoms with Gasteiger partial charge in [0.15, 0.2) is 5.76 Å². The number of hydrogen-bond donors (Lipinski definition) is 1. The van der Waals surface area contributed by atoms with Crippen molar-refractivity contribution in [2.45, 2.75) is 39.2 Å². The van der Waals surface area contributed by atoms with Crippen LogP contribution in [0.5, 0.6) is 0 Å². The number of rotatable bonds is 4. The number of furan rings is 1. The summed E-state index contributed by atoms with van der Waals surface area (Å²) in [6.07, 6.45) is 3.35. The fraction of sp³-hybridized carbons (Fsp3) is 0.500. The maximum absolute atomic E-state index is 12.4. The van der Waals surface area contributed by atoms with Gasteiger partial charge in [-0.25, -0.2) is 0 Å². The van der Waals surface area contributed by atoms with E-state index in [4.69, 9.17) is 4.42 Å². The van der Waals surface area contributed by atoms with Crippen LogP contribution in [0.3, 0.4) is 0 Å². The molecule has 0 bridgehead atoms. The Morgan fingerprint density at radius 1 is 1.32 bits per heavy atom. The zero-order chi connectivity index (χ0) is 18.0. The Morgan fingerprint density at radius 2 is 2.04 bits per heavy atom. The van der Waals surface area contributed by atoms with E-state index in [9.17, 15) is 9.59 Å². The first-order valence-corrected chi connectivity index (χ1v) is 8.57. The summed E-state index contributed by atoms with van der Waals surface area (Å²) in [6.45, 7) is 5.14. The van der Waals surface area contributed by atoms with Gasteiger partial charge < -0.3 is 14.6 Å². The molecule has 25 heavy (non-hydrogen) atoms. The third kappa shape index (κ3) is 3.75. The minimum Gasteiger partial charge on any atom is -0.459 e. The molecule has 134 valence electrons. The molecular formula is C18H24N4O3. The lowest BCUT2D eigenvalue weighted by Crippen LogP contribution is -2.46. The van der Waals surface area contributed by atoms with Gasteiger partial charge in [0.1, 0.15) is 0 Å². The summed E-state index contributed by atoms with van der Waals surface area (Å²) in [4.78, 5) is 26.4. The maximum Gasteiger partial charge on any atom is 0.289 e. The lowest BCUT2D eigenvalue weighted by atomic mass is 10.0. The first-order chi connectivity index (χ1) is 12.0. The first-order valence-electron chi connectivity index (χ1n) is 8.57. The molecule has 2 aromatic rings. The summed E-state index contributed by atoms with van der Waals surface area (Å²) in [5.74, 6) is 0.288. The Bertz CT molecular complexity index is 756. The monoisotopic (exact) mass is 344 g/mol. The summed E-state index contributed by atoms with van der Waals surface area (Å²) >= 11 is 0. The van der Waals surface area contributed by atoms with Crippen molar-refractivity contribution in [1.29, 1.82) is 0 Å². The van der Waals surface area contributed by atoms with Crippen LogP contribution in [0, 0.1) is 13.8 Å². The maximum atomic E-state index is 12.4. The van der Waals surface area contributed by atoms with Gasteiger partial charge >= 0.3 is 0 Å². The van der Waals surface area contributed by atoms with Crippen molar-refractivity contribution >= 4 is 11.8 Å². The second-order valence-electron chi connectivity index (χ2n) is 6.56. The summed E-state index contributed by atoms with van der Waals surface area (Å²) < 4.78 is 6.96. The van der Waals surface area contributed by atoms with Crippen molar-refractivity contribution in [1.82, 2.24) is 20.0 Å². The molecule has 3 rings (SSSR count). The molecule has 7 heteroatoms. The quantitative estimate of drug-likeness (QED) is 0.913. The van der Waals surface area contributed by atoms with Crippen LogP contribution < -0.4 is 5.32 Å². The number of amides is 2. The van der Waals surface area contributed by atoms with Crippen LogP contribution in [0.2, 0.25) is 0 Å². The average molecular weight is 344 g/mol. The van der Waals surface area contributed by atoms with Gasteiger partial charge in [0, 0.05) is 37.4 Å². The van der Waals surface area contributed by atoms with E-state index in [0.29, 0.717) is 25.3 Å². The number of likely N-dealkylation sites (tertiary alicyclic amines) is 1. The molecule has 0 unspecified atom stereocenters. The second-order valence-corrected chi connectivity index (χ2v) is 6.56. The summed E-state index contributed by atoms with van der Waals surface area (Å²) in [6, 6.07) is 3.49. The van der Waals surface area contributed by atoms with E-state index in [0.717, 1.165) is 29.8 Å². The predicted molar refractivity (Wildman–Crippen MR) is 92.2 cm³/mol. The highest BCUT2D eigenvalue weighted by molar-refractivity contribution is 5.91. The summed E-state index contributed by atoms with van der Waals surface area (Å²) in [5.41, 5.74) is 2.91. The normalized spacial score (nSPS) is 15.4. The van der Waals surface area contributed by atoms with Gasteiger partial charge in [0.05, 0.1) is 18.4 Å². The number of aromatic nitrogens is 2. The van der Waals surface area contributed by atoms with Crippen molar-refractivity contribution in [3.63, 3.8) is 0 Å². The van der Waals surface area contributed by atoms with E-state index in [1.165, 1.54) is 6.26 Å². The SMILES string of the molecule is Cc1nn(C)c(C)c1CC(=O)NC1CCN(C(=O)c2ccco2)CC1. The van der Waals surface area contributed by atoms with Gasteiger partial charge in [-0.05, 0) is 38.8 Å². The molecule has 1 aliphatic heterocycles. The van der Waals surface area contributed by atoms with Gasteiger partial charge in [-0.15, -0.1) is 0 Å². The molecule has 0 saturated carbocycles. The minimum atomic E-state index is -0.0867. The number of aryl methyl sites for hydroxylation is 2. The third-order valence-electron chi connectivity index (χ3n) is 4.88. The molecule has 2 amide bonds. The lowest BCUT2D eigenvalue weighted by Gasteiger charge is -2.31. The fourth-order valence-electron chi connectivity index (χ4n) is 3.30. The van der Waals surface area contributed by atoms with Crippen LogP contribution in [-0.2, 0) is 18.3 Å². The van der Waals surface area contributed by atoms with Crippen molar-refractivity contribution in [3.05, 3.63) is 41.1 Å². The number of carbonyl (C=O) groups excluding carboxylic acids is 2. The van der Waals surface area contributed by atoms with Gasteiger partial charge in [-0.1, -0.05) is 0 Å². The Balaban J connectivity index is 1.50. The molecule has 0 radical (unpaired) electrons. The molecule has 7 nitrogen and oxygen atoms in total. The highest BCUT2D eigenvalue weighted by Crippen LogP contribution is 2.16. The lowest BCUT2D eigenvalue weighted by molar-refractivity contribution is -0.121. The number of piperidine rings is 1. The molecule has 2 aromatic heterocycles. The van der Waals surface area contributed by atoms with E-state index in [-0.39, 0.29) is 17.9 Å². The molecule has 0 atom stereocenters. The average Bonchev–Trinajstić information content (AvgIpc) is 3.20. The fourth-order valence-corrected chi connectivity index (χ4v) is 3.30. The van der Waals surface area contributed by atoms with Crippen molar-refractivity contribution < 1.29 is 14.0 Å². The molecule has 0 spiro atoms. The minimum absolute atomic E-state index is 0.00927. The largest absolute Gasteiger partial charge is 0.459 e. The summed E-state index contributed by atoms with van der Waals surface area (Å²) in [5, 5.41) is 7.44. The van der Waals surface area contributed by atoms with Crippen LogP contribution in [0.1, 0.15) is 40.3 Å². The zero-order valence-electron chi connectivity index (χ0n) is 14.9. The molecule has 1 saturated heterocycles. The molecule has 1 N–H and O–H groups in total. The Hall–Kier alpha value is -2.57. The number of hydrogen-bond acceptors (Lipinski definition) is 4. The molecule has 3 heterocycles. The van der Waals surface area contributed by atoms with Gasteiger partial charge in [0.2, 0.25) is 5.91 Å². The van der Waals surface area contributed by atoms with E-state index >= 15 is 0 Å². The van der Waals surface area contributed by atoms with E-state index in [1.807, 2.05) is 20.9 Å². The second kappa shape index (κ2) is 7.13. The summed E-state index contributed by atoms with van der Waals surface area (Å²) in [7, 11) is 1.88. The van der Waals surface area contributed by atoms with Gasteiger partial charge in [-0.3, -0.25) is 14.3 Å². The zero-order valence-corrected chi connectivity index (χ0v) is 14.9. The topological polar surface area (TPSA) is 80.4 Å². The highest BCUT2D eigenvalue weighted by Gasteiger charge is 2.26. The van der Waals surface area contributed by atoms with Crippen LogP contribution in [0.15, 0.2) is 22.8 Å². The highest BCUT2D eigenvalue weighted by atomic mass is 16.3. The molecule has 1 fully saturated rings. The van der Waals surface area contributed by atoms with Crippen molar-refractivity contribution in [2.24, 2.45) is 7.05 Å².